The lowest BCUT2D eigenvalue weighted by molar-refractivity contribution is -0.0564. The Labute approximate surface area is 222 Å². The lowest BCUT2D eigenvalue weighted by atomic mass is 9.47. The standard InChI is InChI=1S/C33H56O3/c1-6-7-8-9-10-11-12-25-14-16-29-28-15-13-26-23-27(36-31(34)35-22-19-24(2)3)17-20-33(26,5)30(28)18-21-32(25,29)4/h13,24-25,27-30H,6-12,14-23H2,1-5H3/t25-,27+,28-,29+,30-,32-,33+/m1/s1. The second kappa shape index (κ2) is 12.2. The maximum atomic E-state index is 12.2. The average Bonchev–Trinajstić information content (AvgIpc) is 3.17. The third-order valence-electron chi connectivity index (χ3n) is 11.3. The normalized spacial score (nSPS) is 37.6. The summed E-state index contributed by atoms with van der Waals surface area (Å²) in [5.41, 5.74) is 2.47. The van der Waals surface area contributed by atoms with Gasteiger partial charge in [0.15, 0.2) is 0 Å². The molecule has 0 aliphatic heterocycles. The second-order valence-corrected chi connectivity index (χ2v) is 13.9. The number of allylic oxidation sites excluding steroid dienone is 1. The Bertz CT molecular complexity index is 756. The van der Waals surface area contributed by atoms with Crippen LogP contribution in [0.1, 0.15) is 137 Å². The summed E-state index contributed by atoms with van der Waals surface area (Å²) >= 11 is 0. The monoisotopic (exact) mass is 500 g/mol. The molecule has 0 radical (unpaired) electrons. The van der Waals surface area contributed by atoms with E-state index in [1.165, 1.54) is 77.0 Å². The number of carbonyl (C=O) groups is 1. The van der Waals surface area contributed by atoms with Crippen LogP contribution in [0, 0.1) is 40.4 Å². The molecule has 36 heavy (non-hydrogen) atoms. The highest BCUT2D eigenvalue weighted by Crippen LogP contribution is 2.66. The summed E-state index contributed by atoms with van der Waals surface area (Å²) in [5.74, 6) is 4.10. The van der Waals surface area contributed by atoms with Crippen LogP contribution < -0.4 is 0 Å². The highest BCUT2D eigenvalue weighted by molar-refractivity contribution is 5.60. The molecule has 0 amide bonds. The molecule has 7 atom stereocenters. The summed E-state index contributed by atoms with van der Waals surface area (Å²) in [5, 5.41) is 0. The van der Waals surface area contributed by atoms with Gasteiger partial charge in [-0.15, -0.1) is 0 Å². The molecule has 0 spiro atoms. The van der Waals surface area contributed by atoms with E-state index in [1.807, 2.05) is 0 Å². The van der Waals surface area contributed by atoms with Gasteiger partial charge in [-0.1, -0.05) is 84.8 Å². The zero-order chi connectivity index (χ0) is 25.8. The fourth-order valence-electron chi connectivity index (χ4n) is 9.03. The molecule has 0 unspecified atom stereocenters. The molecule has 0 aromatic rings. The summed E-state index contributed by atoms with van der Waals surface area (Å²) < 4.78 is 11.1. The van der Waals surface area contributed by atoms with E-state index < -0.39 is 6.16 Å². The molecule has 4 aliphatic carbocycles. The smallest absolute Gasteiger partial charge is 0.434 e. The van der Waals surface area contributed by atoms with Gasteiger partial charge in [0.25, 0.3) is 0 Å². The summed E-state index contributed by atoms with van der Waals surface area (Å²) in [7, 11) is 0. The molecular weight excluding hydrogens is 444 g/mol. The number of fused-ring (bicyclic) bond motifs is 5. The third kappa shape index (κ3) is 6.01. The number of hydrogen-bond donors (Lipinski definition) is 0. The number of carbonyl (C=O) groups excluding carboxylic acids is 1. The minimum absolute atomic E-state index is 0.00512. The number of unbranched alkanes of at least 4 members (excludes halogenated alkanes) is 5. The molecule has 0 heterocycles. The van der Waals surface area contributed by atoms with Crippen LogP contribution in [0.4, 0.5) is 4.79 Å². The Morgan fingerprint density at radius 1 is 1.00 bits per heavy atom. The Morgan fingerprint density at radius 3 is 2.56 bits per heavy atom. The van der Waals surface area contributed by atoms with Crippen molar-refractivity contribution in [1.82, 2.24) is 0 Å². The topological polar surface area (TPSA) is 35.5 Å². The van der Waals surface area contributed by atoms with Crippen LogP contribution in [-0.4, -0.2) is 18.9 Å². The first-order chi connectivity index (χ1) is 17.3. The van der Waals surface area contributed by atoms with Crippen molar-refractivity contribution in [1.29, 1.82) is 0 Å². The molecule has 3 saturated carbocycles. The van der Waals surface area contributed by atoms with Crippen molar-refractivity contribution in [3.8, 4) is 0 Å². The molecule has 206 valence electrons. The van der Waals surface area contributed by atoms with E-state index in [-0.39, 0.29) is 6.10 Å². The van der Waals surface area contributed by atoms with Gasteiger partial charge in [0.2, 0.25) is 0 Å². The van der Waals surface area contributed by atoms with Crippen LogP contribution in [-0.2, 0) is 9.47 Å². The van der Waals surface area contributed by atoms with Crippen LogP contribution in [0.2, 0.25) is 0 Å². The number of hydrogen-bond acceptors (Lipinski definition) is 3. The molecule has 4 rings (SSSR count). The minimum atomic E-state index is -0.464. The summed E-state index contributed by atoms with van der Waals surface area (Å²) in [6, 6.07) is 0. The second-order valence-electron chi connectivity index (χ2n) is 13.9. The highest BCUT2D eigenvalue weighted by atomic mass is 16.7. The molecule has 0 aromatic heterocycles. The van der Waals surface area contributed by atoms with E-state index >= 15 is 0 Å². The van der Waals surface area contributed by atoms with Crippen LogP contribution in [0.15, 0.2) is 11.6 Å². The van der Waals surface area contributed by atoms with Gasteiger partial charge in [0, 0.05) is 6.42 Å². The lowest BCUT2D eigenvalue weighted by Crippen LogP contribution is -2.50. The van der Waals surface area contributed by atoms with E-state index in [0.29, 0.717) is 23.4 Å². The highest BCUT2D eigenvalue weighted by Gasteiger charge is 2.58. The van der Waals surface area contributed by atoms with Gasteiger partial charge in [-0.05, 0) is 98.2 Å². The molecule has 0 bridgehead atoms. The van der Waals surface area contributed by atoms with Crippen molar-refractivity contribution in [2.45, 2.75) is 143 Å². The minimum Gasteiger partial charge on any atom is -0.434 e. The average molecular weight is 501 g/mol. The van der Waals surface area contributed by atoms with E-state index in [0.717, 1.165) is 49.4 Å². The lowest BCUT2D eigenvalue weighted by Gasteiger charge is -2.58. The molecule has 0 saturated heterocycles. The predicted molar refractivity (Wildman–Crippen MR) is 149 cm³/mol. The zero-order valence-corrected chi connectivity index (χ0v) is 24.3. The van der Waals surface area contributed by atoms with E-state index in [9.17, 15) is 4.79 Å². The first-order valence-electron chi connectivity index (χ1n) is 15.8. The van der Waals surface area contributed by atoms with Crippen LogP contribution >= 0.6 is 0 Å². The molecular formula is C33H56O3. The van der Waals surface area contributed by atoms with Gasteiger partial charge in [-0.3, -0.25) is 0 Å². The molecule has 3 heteroatoms. The van der Waals surface area contributed by atoms with Crippen molar-refractivity contribution in [2.24, 2.45) is 40.4 Å². The van der Waals surface area contributed by atoms with Gasteiger partial charge in [0.1, 0.15) is 6.10 Å². The van der Waals surface area contributed by atoms with Gasteiger partial charge >= 0.3 is 6.16 Å². The fraction of sp³-hybridized carbons (Fsp3) is 0.909. The zero-order valence-electron chi connectivity index (χ0n) is 24.3. The number of rotatable bonds is 11. The Morgan fingerprint density at radius 2 is 1.78 bits per heavy atom. The van der Waals surface area contributed by atoms with Crippen LogP contribution in [0.5, 0.6) is 0 Å². The first kappa shape index (κ1) is 28.0. The van der Waals surface area contributed by atoms with Crippen molar-refractivity contribution < 1.29 is 14.3 Å². The maximum Gasteiger partial charge on any atom is 0.508 e. The van der Waals surface area contributed by atoms with Crippen molar-refractivity contribution >= 4 is 6.16 Å². The molecule has 3 fully saturated rings. The van der Waals surface area contributed by atoms with Gasteiger partial charge in [-0.2, -0.15) is 0 Å². The summed E-state index contributed by atoms with van der Waals surface area (Å²) in [6.07, 6.45) is 23.1. The molecule has 3 nitrogen and oxygen atoms in total. The largest absolute Gasteiger partial charge is 0.508 e. The quantitative estimate of drug-likeness (QED) is 0.161. The Kier molecular flexibility index (Phi) is 9.54. The van der Waals surface area contributed by atoms with Gasteiger partial charge in [0.05, 0.1) is 6.61 Å². The van der Waals surface area contributed by atoms with E-state index in [1.54, 1.807) is 5.57 Å². The third-order valence-corrected chi connectivity index (χ3v) is 11.3. The molecule has 0 aromatic carbocycles. The van der Waals surface area contributed by atoms with Crippen LogP contribution in [0.3, 0.4) is 0 Å². The van der Waals surface area contributed by atoms with Crippen LogP contribution in [0.25, 0.3) is 0 Å². The molecule has 4 aliphatic rings. The van der Waals surface area contributed by atoms with E-state index in [4.69, 9.17) is 9.47 Å². The Balaban J connectivity index is 1.32. The Hall–Kier alpha value is -0.990. The summed E-state index contributed by atoms with van der Waals surface area (Å²) in [6.45, 7) is 12.3. The maximum absolute atomic E-state index is 12.2. The van der Waals surface area contributed by atoms with Gasteiger partial charge in [-0.25, -0.2) is 4.79 Å². The molecule has 0 N–H and O–H groups in total. The first-order valence-corrected chi connectivity index (χ1v) is 15.8. The SMILES string of the molecule is CCCCCCCC[C@@H]1CC[C@H]2[C@H]3CC=C4C[C@@H](OC(=O)OCCC(C)C)CC[C@]4(C)[C@@H]3CC[C@]12C. The van der Waals surface area contributed by atoms with E-state index in [2.05, 4.69) is 40.7 Å². The number of ether oxygens (including phenoxy) is 2. The van der Waals surface area contributed by atoms with Crippen molar-refractivity contribution in [2.75, 3.05) is 6.61 Å². The fourth-order valence-corrected chi connectivity index (χ4v) is 9.03. The van der Waals surface area contributed by atoms with Crippen molar-refractivity contribution in [3.63, 3.8) is 0 Å². The summed E-state index contributed by atoms with van der Waals surface area (Å²) in [4.78, 5) is 12.2. The predicted octanol–water partition coefficient (Wildman–Crippen LogP) is 9.88. The van der Waals surface area contributed by atoms with Crippen molar-refractivity contribution in [3.05, 3.63) is 11.6 Å². The van der Waals surface area contributed by atoms with Gasteiger partial charge < -0.3 is 9.47 Å².